The van der Waals surface area contributed by atoms with Crippen molar-refractivity contribution in [1.29, 1.82) is 0 Å². The molecule has 0 aliphatic heterocycles. The number of benzene rings is 3. The van der Waals surface area contributed by atoms with Gasteiger partial charge in [0.05, 0.1) is 18.4 Å². The Labute approximate surface area is 190 Å². The third-order valence-electron chi connectivity index (χ3n) is 5.02. The number of ether oxygens (including phenoxy) is 1. The second kappa shape index (κ2) is 9.00. The third kappa shape index (κ3) is 4.93. The van der Waals surface area contributed by atoms with Gasteiger partial charge in [0, 0.05) is 11.1 Å². The van der Waals surface area contributed by atoms with E-state index in [1.165, 1.54) is 12.1 Å². The summed E-state index contributed by atoms with van der Waals surface area (Å²) in [6, 6.07) is 18.8. The fourth-order valence-electron chi connectivity index (χ4n) is 3.52. The molecule has 4 aromatic rings. The zero-order valence-corrected chi connectivity index (χ0v) is 18.4. The number of nitrogens with one attached hydrogen (secondary N) is 1. The highest BCUT2D eigenvalue weighted by Crippen LogP contribution is 2.22. The number of hydrogen-bond acceptors (Lipinski definition) is 5. The summed E-state index contributed by atoms with van der Waals surface area (Å²) in [5.74, 6) is -0.777. The second-order valence-corrected chi connectivity index (χ2v) is 7.66. The lowest BCUT2D eigenvalue weighted by Gasteiger charge is -2.09. The van der Waals surface area contributed by atoms with E-state index >= 15 is 0 Å². The number of carboxylic acids is 1. The fraction of sp³-hybridized carbons (Fsp3) is 0.115. The van der Waals surface area contributed by atoms with Gasteiger partial charge in [-0.3, -0.25) is 4.79 Å². The normalized spacial score (nSPS) is 11.4. The first kappa shape index (κ1) is 21.8. The maximum Gasteiger partial charge on any atom is 0.335 e. The molecule has 0 bridgehead atoms. The molecule has 0 aliphatic rings. The van der Waals surface area contributed by atoms with Gasteiger partial charge in [-0.15, -0.1) is 0 Å². The topological polar surface area (TPSA) is 101 Å². The Morgan fingerprint density at radius 3 is 2.27 bits per heavy atom. The fourth-order valence-corrected chi connectivity index (χ4v) is 3.52. The van der Waals surface area contributed by atoms with E-state index in [9.17, 15) is 9.59 Å². The van der Waals surface area contributed by atoms with Crippen LogP contribution >= 0.6 is 0 Å². The monoisotopic (exact) mass is 442 g/mol. The first-order valence-corrected chi connectivity index (χ1v) is 10.2. The van der Waals surface area contributed by atoms with E-state index in [0.717, 1.165) is 11.1 Å². The number of anilines is 1. The molecule has 1 aromatic heterocycles. The number of amides is 1. The predicted molar refractivity (Wildman–Crippen MR) is 125 cm³/mol. The van der Waals surface area contributed by atoms with E-state index in [4.69, 9.17) is 14.3 Å². The van der Waals surface area contributed by atoms with Gasteiger partial charge in [0.1, 0.15) is 16.9 Å². The standard InChI is InChI=1S/C26H22N2O5/c1-15-10-16(2)12-20(11-15)27-24(29)22-14-18-13-21(32-3)8-9-23(18)33-25(22)28-19-6-4-17(5-7-19)26(30)31/h4-14H,1-3H3,(H,27,29)(H,30,31). The smallest absolute Gasteiger partial charge is 0.335 e. The van der Waals surface area contributed by atoms with Crippen LogP contribution in [-0.4, -0.2) is 24.1 Å². The first-order valence-electron chi connectivity index (χ1n) is 10.2. The molecule has 7 nitrogen and oxygen atoms in total. The molecule has 1 heterocycles. The Hall–Kier alpha value is -4.39. The van der Waals surface area contributed by atoms with Crippen LogP contribution in [0.5, 0.6) is 5.75 Å². The number of hydrogen-bond donors (Lipinski definition) is 2. The van der Waals surface area contributed by atoms with Crippen molar-refractivity contribution in [2.75, 3.05) is 12.4 Å². The van der Waals surface area contributed by atoms with Crippen LogP contribution in [0.15, 0.2) is 76.1 Å². The summed E-state index contributed by atoms with van der Waals surface area (Å²) in [5.41, 5.74) is 4.19. The van der Waals surface area contributed by atoms with Crippen LogP contribution in [0, 0.1) is 13.8 Å². The minimum Gasteiger partial charge on any atom is -0.497 e. The maximum atomic E-state index is 13.2. The van der Waals surface area contributed by atoms with Gasteiger partial charge in [-0.2, -0.15) is 0 Å². The largest absolute Gasteiger partial charge is 0.497 e. The van der Waals surface area contributed by atoms with Crippen LogP contribution < -0.4 is 15.6 Å². The highest BCUT2D eigenvalue weighted by atomic mass is 16.5. The molecule has 33 heavy (non-hydrogen) atoms. The van der Waals surface area contributed by atoms with Gasteiger partial charge >= 0.3 is 5.97 Å². The maximum absolute atomic E-state index is 13.2. The van der Waals surface area contributed by atoms with Gasteiger partial charge in [0.25, 0.3) is 5.91 Å². The summed E-state index contributed by atoms with van der Waals surface area (Å²) >= 11 is 0. The number of fused-ring (bicyclic) bond motifs is 1. The number of rotatable bonds is 5. The summed E-state index contributed by atoms with van der Waals surface area (Å²) in [7, 11) is 1.57. The number of nitrogens with zero attached hydrogens (tertiary/aromatic N) is 1. The summed E-state index contributed by atoms with van der Waals surface area (Å²) < 4.78 is 11.3. The molecule has 0 radical (unpaired) electrons. The van der Waals surface area contributed by atoms with E-state index < -0.39 is 5.97 Å². The number of methoxy groups -OCH3 is 1. The van der Waals surface area contributed by atoms with Crippen molar-refractivity contribution < 1.29 is 23.8 Å². The molecular formula is C26H22N2O5. The van der Waals surface area contributed by atoms with E-state index in [2.05, 4.69) is 10.3 Å². The quantitative estimate of drug-likeness (QED) is 0.440. The van der Waals surface area contributed by atoms with Gasteiger partial charge in [-0.25, -0.2) is 9.79 Å². The van der Waals surface area contributed by atoms with Gasteiger partial charge in [-0.1, -0.05) is 6.07 Å². The van der Waals surface area contributed by atoms with Crippen molar-refractivity contribution >= 4 is 34.2 Å². The zero-order chi connectivity index (χ0) is 23.5. The number of carbonyl (C=O) groups is 2. The molecule has 7 heteroatoms. The molecular weight excluding hydrogens is 420 g/mol. The van der Waals surface area contributed by atoms with Crippen LogP contribution in [-0.2, 0) is 0 Å². The van der Waals surface area contributed by atoms with Crippen molar-refractivity contribution in [2.24, 2.45) is 4.99 Å². The minimum absolute atomic E-state index is 0.109. The van der Waals surface area contributed by atoms with Crippen LogP contribution in [0.25, 0.3) is 11.0 Å². The van der Waals surface area contributed by atoms with Crippen molar-refractivity contribution in [3.05, 3.63) is 94.5 Å². The Morgan fingerprint density at radius 1 is 0.939 bits per heavy atom. The summed E-state index contributed by atoms with van der Waals surface area (Å²) in [5, 5.41) is 12.7. The molecule has 4 rings (SSSR count). The van der Waals surface area contributed by atoms with E-state index in [1.807, 2.05) is 32.0 Å². The van der Waals surface area contributed by atoms with Crippen LogP contribution in [0.4, 0.5) is 11.4 Å². The van der Waals surface area contributed by atoms with Gasteiger partial charge in [0.15, 0.2) is 0 Å². The van der Waals surface area contributed by atoms with E-state index in [-0.39, 0.29) is 22.6 Å². The third-order valence-corrected chi connectivity index (χ3v) is 5.02. The molecule has 0 atom stereocenters. The van der Waals surface area contributed by atoms with Crippen LogP contribution in [0.3, 0.4) is 0 Å². The molecule has 0 saturated heterocycles. The number of carboxylic acid groups (broad SMARTS) is 1. The van der Waals surface area contributed by atoms with Gasteiger partial charge in [-0.05, 0) is 85.6 Å². The van der Waals surface area contributed by atoms with Crippen molar-refractivity contribution in [2.45, 2.75) is 13.8 Å². The highest BCUT2D eigenvalue weighted by Gasteiger charge is 2.14. The van der Waals surface area contributed by atoms with Crippen molar-refractivity contribution in [1.82, 2.24) is 0 Å². The van der Waals surface area contributed by atoms with Gasteiger partial charge < -0.3 is 19.6 Å². The number of aryl methyl sites for hydroxylation is 2. The van der Waals surface area contributed by atoms with Crippen molar-refractivity contribution in [3.63, 3.8) is 0 Å². The van der Waals surface area contributed by atoms with Gasteiger partial charge in [0.2, 0.25) is 5.55 Å². The molecule has 0 spiro atoms. The predicted octanol–water partition coefficient (Wildman–Crippen LogP) is 5.24. The van der Waals surface area contributed by atoms with E-state index in [0.29, 0.717) is 28.1 Å². The zero-order valence-electron chi connectivity index (χ0n) is 18.4. The Morgan fingerprint density at radius 2 is 1.64 bits per heavy atom. The Balaban J connectivity index is 1.84. The molecule has 0 unspecified atom stereocenters. The molecule has 166 valence electrons. The number of aromatic carboxylic acids is 1. The highest BCUT2D eigenvalue weighted by molar-refractivity contribution is 6.05. The lowest BCUT2D eigenvalue weighted by molar-refractivity contribution is 0.0696. The Kier molecular flexibility index (Phi) is 5.95. The second-order valence-electron chi connectivity index (χ2n) is 7.66. The lowest BCUT2D eigenvalue weighted by atomic mass is 10.1. The number of carbonyl (C=O) groups excluding carboxylic acids is 1. The Bertz CT molecular complexity index is 1420. The lowest BCUT2D eigenvalue weighted by Crippen LogP contribution is -2.21. The summed E-state index contributed by atoms with van der Waals surface area (Å²) in [6.45, 7) is 3.92. The van der Waals surface area contributed by atoms with Crippen molar-refractivity contribution in [3.8, 4) is 5.75 Å². The molecule has 0 aliphatic carbocycles. The molecule has 0 saturated carbocycles. The summed E-state index contributed by atoms with van der Waals surface area (Å²) in [4.78, 5) is 28.9. The van der Waals surface area contributed by atoms with Crippen LogP contribution in [0.2, 0.25) is 0 Å². The average molecular weight is 442 g/mol. The molecule has 1 amide bonds. The van der Waals surface area contributed by atoms with E-state index in [1.54, 1.807) is 43.5 Å². The molecule has 0 fully saturated rings. The minimum atomic E-state index is -1.03. The SMILES string of the molecule is COc1ccc2oc(=Nc3ccc(C(=O)O)cc3)c(C(=O)Nc3cc(C)cc(C)c3)cc2c1. The average Bonchev–Trinajstić information content (AvgIpc) is 2.78. The summed E-state index contributed by atoms with van der Waals surface area (Å²) in [6.07, 6.45) is 0. The van der Waals surface area contributed by atoms with Crippen LogP contribution in [0.1, 0.15) is 31.8 Å². The molecule has 3 aromatic carbocycles. The molecule has 2 N–H and O–H groups in total. The first-order chi connectivity index (χ1) is 15.8.